The van der Waals surface area contributed by atoms with Crippen molar-refractivity contribution in [2.24, 2.45) is 0 Å². The minimum Gasteiger partial charge on any atom is -0.360 e. The minimum absolute atomic E-state index is 0.229. The molecule has 0 saturated heterocycles. The van der Waals surface area contributed by atoms with Crippen LogP contribution in [-0.2, 0) is 0 Å². The molecule has 9 rings (SSSR count). The lowest BCUT2D eigenvalue weighted by molar-refractivity contribution is 0.790. The highest BCUT2D eigenvalue weighted by Gasteiger charge is 2.14. The maximum Gasteiger partial charge on any atom is 0.126 e. The van der Waals surface area contributed by atoms with Crippen LogP contribution in [0.5, 0.6) is 0 Å². The molecule has 3 nitrogen and oxygen atoms in total. The van der Waals surface area contributed by atoms with E-state index in [0.717, 1.165) is 44.5 Å². The lowest BCUT2D eigenvalue weighted by atomic mass is 9.92. The number of pyridine rings is 1. The van der Waals surface area contributed by atoms with Crippen molar-refractivity contribution in [1.82, 2.24) is 10.3 Å². The van der Waals surface area contributed by atoms with Crippen molar-refractivity contribution in [2.45, 2.75) is 6.04 Å². The molecule has 1 atom stereocenters. The highest BCUT2D eigenvalue weighted by molar-refractivity contribution is 6.25. The van der Waals surface area contributed by atoms with Gasteiger partial charge in [0.15, 0.2) is 0 Å². The topological polar surface area (TPSA) is 48.8 Å². The zero-order valence-electron chi connectivity index (χ0n) is 29.7. The molecular weight excluding hydrogens is 655 g/mol. The average Bonchev–Trinajstić information content (AvgIpc) is 3.26. The van der Waals surface area contributed by atoms with Crippen molar-refractivity contribution in [3.05, 3.63) is 217 Å². The van der Waals surface area contributed by atoms with Crippen LogP contribution < -0.4 is 5.32 Å². The molecule has 0 aliphatic carbocycles. The molecule has 1 unspecified atom stereocenters. The summed E-state index contributed by atoms with van der Waals surface area (Å²) in [7, 11) is 0. The molecule has 1 aromatic heterocycles. The number of aromatic nitrogens is 1. The lowest BCUT2D eigenvalue weighted by Crippen LogP contribution is -2.27. The molecule has 0 spiro atoms. The van der Waals surface area contributed by atoms with E-state index in [-0.39, 0.29) is 6.04 Å². The van der Waals surface area contributed by atoms with E-state index < -0.39 is 0 Å². The van der Waals surface area contributed by atoms with Gasteiger partial charge in [0.2, 0.25) is 0 Å². The van der Waals surface area contributed by atoms with Crippen molar-refractivity contribution in [2.75, 3.05) is 0 Å². The molecular formula is C51H37N3. The Morgan fingerprint density at radius 1 is 0.463 bits per heavy atom. The number of amidine groups is 1. The molecule has 1 heterocycles. The van der Waals surface area contributed by atoms with Crippen LogP contribution in [0.15, 0.2) is 200 Å². The molecule has 8 aromatic carbocycles. The summed E-state index contributed by atoms with van der Waals surface area (Å²) < 4.78 is 0. The van der Waals surface area contributed by atoms with Gasteiger partial charge in [-0.05, 0) is 89.5 Å². The highest BCUT2D eigenvalue weighted by atomic mass is 15.0. The smallest absolute Gasteiger partial charge is 0.126 e. The van der Waals surface area contributed by atoms with Crippen LogP contribution in [-0.4, -0.2) is 10.8 Å². The monoisotopic (exact) mass is 691 g/mol. The van der Waals surface area contributed by atoms with Gasteiger partial charge >= 0.3 is 0 Å². The first-order chi connectivity index (χ1) is 26.7. The second-order valence-corrected chi connectivity index (χ2v) is 13.6. The molecule has 2 N–H and O–H groups in total. The van der Waals surface area contributed by atoms with Crippen LogP contribution in [0.25, 0.3) is 71.8 Å². The molecule has 0 aliphatic heterocycles. The molecule has 0 radical (unpaired) electrons. The maximum atomic E-state index is 9.21. The van der Waals surface area contributed by atoms with Crippen LogP contribution in [0, 0.1) is 5.41 Å². The quantitative estimate of drug-likeness (QED) is 0.0946. The molecule has 9 aromatic rings. The molecule has 0 saturated carbocycles. The van der Waals surface area contributed by atoms with E-state index in [9.17, 15) is 5.41 Å². The summed E-state index contributed by atoms with van der Waals surface area (Å²) in [5, 5.41) is 20.3. The Kier molecular flexibility index (Phi) is 8.80. The van der Waals surface area contributed by atoms with E-state index in [2.05, 4.69) is 180 Å². The van der Waals surface area contributed by atoms with Crippen LogP contribution in [0.3, 0.4) is 0 Å². The van der Waals surface area contributed by atoms with Gasteiger partial charge in [0.25, 0.3) is 0 Å². The predicted molar refractivity (Wildman–Crippen MR) is 228 cm³/mol. The van der Waals surface area contributed by atoms with Crippen molar-refractivity contribution in [3.8, 4) is 33.4 Å². The number of nitrogens with zero attached hydrogens (tertiary/aromatic N) is 1. The highest BCUT2D eigenvalue weighted by Crippen LogP contribution is 2.37. The summed E-state index contributed by atoms with van der Waals surface area (Å²) in [6, 6.07) is 63.8. The van der Waals surface area contributed by atoms with E-state index in [0.29, 0.717) is 5.84 Å². The van der Waals surface area contributed by atoms with Gasteiger partial charge in [0, 0.05) is 23.5 Å². The fraction of sp³-hybridized carbons (Fsp3) is 0.0196. The fourth-order valence-corrected chi connectivity index (χ4v) is 7.47. The summed E-state index contributed by atoms with van der Waals surface area (Å²) in [5.74, 6) is 0.364. The largest absolute Gasteiger partial charge is 0.360 e. The second kappa shape index (κ2) is 14.5. The van der Waals surface area contributed by atoms with Crippen molar-refractivity contribution >= 4 is 44.2 Å². The molecule has 0 amide bonds. The number of hydrogen-bond donors (Lipinski definition) is 2. The van der Waals surface area contributed by atoms with Gasteiger partial charge in [-0.25, -0.2) is 0 Å². The number of rotatable bonds is 8. The van der Waals surface area contributed by atoms with E-state index in [1.165, 1.54) is 37.9 Å². The Bertz CT molecular complexity index is 2750. The summed E-state index contributed by atoms with van der Waals surface area (Å²) in [5.41, 5.74) is 9.78. The SMILES string of the molecule is N=C(NC(/C=C/c1cccc(-c2cccnc2)c1)c1ccc(-c2ccccc2)cc1)c1ccc(-c2ccc3c4ccccc4c4ccccc4c3c2)cc1. The van der Waals surface area contributed by atoms with Crippen LogP contribution in [0.2, 0.25) is 0 Å². The first-order valence-corrected chi connectivity index (χ1v) is 18.3. The molecule has 3 heteroatoms. The fourth-order valence-electron chi connectivity index (χ4n) is 7.47. The maximum absolute atomic E-state index is 9.21. The van der Waals surface area contributed by atoms with Crippen molar-refractivity contribution in [1.29, 1.82) is 5.41 Å². The first-order valence-electron chi connectivity index (χ1n) is 18.3. The standard InChI is InChI=1S/C51H37N3/c52-51(40-26-22-38(23-27-40)42-28-29-48-46-17-5-4-15-44(46)45-16-6-7-18-47(45)49(48)33-42)54-50(39-24-20-37(21-25-39)36-11-2-1-3-12-36)30-19-35-10-8-13-41(32-35)43-14-9-31-53-34-43/h1-34,50H,(H2,52,54)/b30-19+. The van der Waals surface area contributed by atoms with E-state index in [1.54, 1.807) is 6.20 Å². The molecule has 0 fully saturated rings. The predicted octanol–water partition coefficient (Wildman–Crippen LogP) is 12.9. The van der Waals surface area contributed by atoms with Gasteiger partial charge in [0.05, 0.1) is 6.04 Å². The average molecular weight is 692 g/mol. The summed E-state index contributed by atoms with van der Waals surface area (Å²) in [6.07, 6.45) is 7.96. The van der Waals surface area contributed by atoms with Gasteiger partial charge < -0.3 is 5.32 Å². The van der Waals surface area contributed by atoms with Gasteiger partial charge in [-0.2, -0.15) is 0 Å². The zero-order chi connectivity index (χ0) is 36.3. The van der Waals surface area contributed by atoms with Crippen molar-refractivity contribution < 1.29 is 0 Å². The van der Waals surface area contributed by atoms with Crippen LogP contribution >= 0.6 is 0 Å². The molecule has 0 aliphatic rings. The third kappa shape index (κ3) is 6.55. The third-order valence-corrected chi connectivity index (χ3v) is 10.3. The van der Waals surface area contributed by atoms with Crippen LogP contribution in [0.4, 0.5) is 0 Å². The second-order valence-electron chi connectivity index (χ2n) is 13.6. The number of hydrogen-bond acceptors (Lipinski definition) is 2. The summed E-state index contributed by atoms with van der Waals surface area (Å²) in [4.78, 5) is 4.30. The normalized spacial score (nSPS) is 12.0. The van der Waals surface area contributed by atoms with Gasteiger partial charge in [-0.15, -0.1) is 0 Å². The van der Waals surface area contributed by atoms with Crippen molar-refractivity contribution in [3.63, 3.8) is 0 Å². The Labute approximate surface area is 315 Å². The number of fused-ring (bicyclic) bond motifs is 6. The zero-order valence-corrected chi connectivity index (χ0v) is 29.7. The van der Waals surface area contributed by atoms with E-state index in [4.69, 9.17) is 0 Å². The third-order valence-electron chi connectivity index (χ3n) is 10.3. The molecule has 256 valence electrons. The van der Waals surface area contributed by atoms with Crippen LogP contribution in [0.1, 0.15) is 22.7 Å². The van der Waals surface area contributed by atoms with Gasteiger partial charge in [0.1, 0.15) is 5.84 Å². The minimum atomic E-state index is -0.229. The summed E-state index contributed by atoms with van der Waals surface area (Å²) >= 11 is 0. The first kappa shape index (κ1) is 32.8. The Balaban J connectivity index is 1.01. The number of nitrogens with one attached hydrogen (secondary N) is 2. The summed E-state index contributed by atoms with van der Waals surface area (Å²) in [6.45, 7) is 0. The molecule has 0 bridgehead atoms. The van der Waals surface area contributed by atoms with Gasteiger partial charge in [-0.3, -0.25) is 10.4 Å². The lowest BCUT2D eigenvalue weighted by Gasteiger charge is -2.19. The van der Waals surface area contributed by atoms with E-state index >= 15 is 0 Å². The van der Waals surface area contributed by atoms with Gasteiger partial charge in [-0.1, -0.05) is 176 Å². The molecule has 54 heavy (non-hydrogen) atoms. The Morgan fingerprint density at radius 2 is 1.00 bits per heavy atom. The number of benzene rings is 8. The Hall–Kier alpha value is -7.10. The Morgan fingerprint density at radius 3 is 1.69 bits per heavy atom. The van der Waals surface area contributed by atoms with E-state index in [1.807, 2.05) is 30.5 Å².